The first-order valence-electron chi connectivity index (χ1n) is 11.5. The maximum atomic E-state index is 12.3. The van der Waals surface area contributed by atoms with Crippen LogP contribution in [0.15, 0.2) is 30.3 Å². The Morgan fingerprint density at radius 3 is 2.21 bits per heavy atom. The molecule has 182 valence electrons. The predicted octanol–water partition coefficient (Wildman–Crippen LogP) is 5.21. The lowest BCUT2D eigenvalue weighted by atomic mass is 9.94. The van der Waals surface area contributed by atoms with Gasteiger partial charge in [-0.15, -0.1) is 0 Å². The van der Waals surface area contributed by atoms with Crippen LogP contribution in [0.25, 0.3) is 4.85 Å². The lowest BCUT2D eigenvalue weighted by molar-refractivity contribution is -0.0776. The van der Waals surface area contributed by atoms with Gasteiger partial charge in [-0.2, -0.15) is 0 Å². The summed E-state index contributed by atoms with van der Waals surface area (Å²) in [5.74, 6) is -0.444. The fourth-order valence-corrected chi connectivity index (χ4v) is 4.94. The van der Waals surface area contributed by atoms with Crippen molar-refractivity contribution in [2.75, 3.05) is 13.2 Å². The summed E-state index contributed by atoms with van der Waals surface area (Å²) in [4.78, 5) is 15.7. The largest absolute Gasteiger partial charge is 0.457 e. The van der Waals surface area contributed by atoms with Gasteiger partial charge < -0.3 is 23.4 Å². The molecule has 0 aliphatic rings. The van der Waals surface area contributed by atoms with Crippen LogP contribution in [0.2, 0.25) is 0 Å². The highest BCUT2D eigenvalue weighted by Gasteiger charge is 2.32. The zero-order chi connectivity index (χ0) is 25.0. The quantitative estimate of drug-likeness (QED) is 0.114. The normalized spacial score (nSPS) is 16.3. The second-order valence-electron chi connectivity index (χ2n) is 8.35. The number of esters is 1. The van der Waals surface area contributed by atoms with Gasteiger partial charge in [0.05, 0.1) is 23.8 Å². The van der Waals surface area contributed by atoms with Crippen molar-refractivity contribution in [3.63, 3.8) is 0 Å². The standard InChI is InChI=1S/C24H38BN2O5P/c1-9-22(31-23(25)20(7)30-24(28)21-13-11-10-12-14-21)19(6)32-33(29-16-15-26-8)27(17(2)3)18(4)5/h10-14,17-20,22-23H,9,15-16H2,1-7H3/t19-,20+,22+,23?,33?/m0/s1. The summed E-state index contributed by atoms with van der Waals surface area (Å²) in [6.07, 6.45) is -0.633. The van der Waals surface area contributed by atoms with E-state index in [0.29, 0.717) is 18.6 Å². The number of hydrogen-bond donors (Lipinski definition) is 0. The molecule has 0 aliphatic carbocycles. The third-order valence-corrected chi connectivity index (χ3v) is 7.15. The van der Waals surface area contributed by atoms with Crippen LogP contribution in [-0.2, 0) is 18.5 Å². The molecule has 0 spiro atoms. The molecule has 7 nitrogen and oxygen atoms in total. The van der Waals surface area contributed by atoms with Crippen molar-refractivity contribution in [3.05, 3.63) is 47.3 Å². The molecule has 9 heteroatoms. The average molecular weight is 476 g/mol. The highest BCUT2D eigenvalue weighted by molar-refractivity contribution is 7.44. The average Bonchev–Trinajstić information content (AvgIpc) is 2.77. The molecule has 0 saturated carbocycles. The van der Waals surface area contributed by atoms with Crippen molar-refractivity contribution < 1.29 is 23.3 Å². The monoisotopic (exact) mass is 476 g/mol. The van der Waals surface area contributed by atoms with Gasteiger partial charge >= 0.3 is 5.97 Å². The summed E-state index contributed by atoms with van der Waals surface area (Å²) in [6, 6.07) is 8.38. The molecule has 1 aromatic carbocycles. The highest BCUT2D eigenvalue weighted by atomic mass is 31.2. The first-order valence-corrected chi connectivity index (χ1v) is 12.6. The highest BCUT2D eigenvalue weighted by Crippen LogP contribution is 2.47. The van der Waals surface area contributed by atoms with Crippen LogP contribution < -0.4 is 0 Å². The van der Waals surface area contributed by atoms with E-state index in [1.165, 1.54) is 0 Å². The summed E-state index contributed by atoms with van der Waals surface area (Å²) in [6.45, 7) is 21.6. The first-order chi connectivity index (χ1) is 15.6. The second-order valence-corrected chi connectivity index (χ2v) is 9.76. The number of ether oxygens (including phenoxy) is 2. The van der Waals surface area contributed by atoms with Crippen molar-refractivity contribution >= 4 is 22.3 Å². The van der Waals surface area contributed by atoms with Crippen LogP contribution >= 0.6 is 8.53 Å². The molecular weight excluding hydrogens is 438 g/mol. The number of rotatable bonds is 15. The molecule has 2 unspecified atom stereocenters. The molecule has 1 rings (SSSR count). The molecule has 0 heterocycles. The number of carbonyl (C=O) groups is 1. The van der Waals surface area contributed by atoms with E-state index in [9.17, 15) is 4.79 Å². The van der Waals surface area contributed by atoms with Crippen LogP contribution in [0.4, 0.5) is 0 Å². The maximum Gasteiger partial charge on any atom is 0.338 e. The van der Waals surface area contributed by atoms with Crippen molar-refractivity contribution in [1.29, 1.82) is 0 Å². The lowest BCUT2D eigenvalue weighted by Crippen LogP contribution is -2.40. The molecule has 5 atom stereocenters. The molecular formula is C24H38BN2O5P. The van der Waals surface area contributed by atoms with E-state index in [1.807, 2.05) is 19.9 Å². The van der Waals surface area contributed by atoms with Crippen LogP contribution in [-0.4, -0.2) is 68.0 Å². The fourth-order valence-electron chi connectivity index (χ4n) is 3.23. The number of hydrogen-bond acceptors (Lipinski definition) is 6. The van der Waals surface area contributed by atoms with Crippen LogP contribution in [0.1, 0.15) is 65.2 Å². The SMILES string of the molecule is [B]C(O[C@H](CC)[C@H](C)OP(OCC[N+]#[C-])N(C(C)C)C(C)C)[C@@H](C)OC(=O)c1ccccc1. The molecule has 1 aromatic rings. The molecule has 33 heavy (non-hydrogen) atoms. The molecule has 0 saturated heterocycles. The van der Waals surface area contributed by atoms with Crippen molar-refractivity contribution in [3.8, 4) is 0 Å². The Balaban J connectivity index is 2.79. The van der Waals surface area contributed by atoms with Gasteiger partial charge in [0, 0.05) is 12.1 Å². The van der Waals surface area contributed by atoms with E-state index >= 15 is 0 Å². The zero-order valence-electron chi connectivity index (χ0n) is 20.9. The Labute approximate surface area is 202 Å². The van der Waals surface area contributed by atoms with Gasteiger partial charge in [-0.3, -0.25) is 0 Å². The van der Waals surface area contributed by atoms with Crippen LogP contribution in [0.5, 0.6) is 0 Å². The van der Waals surface area contributed by atoms with Crippen LogP contribution in [0, 0.1) is 6.57 Å². The summed E-state index contributed by atoms with van der Waals surface area (Å²) in [5, 5.41) is 0. The van der Waals surface area contributed by atoms with E-state index < -0.39 is 26.6 Å². The Hall–Kier alpha value is -1.49. The minimum absolute atomic E-state index is 0.205. The molecule has 2 radical (unpaired) electrons. The van der Waals surface area contributed by atoms with Gasteiger partial charge in [-0.1, -0.05) is 25.1 Å². The number of benzene rings is 1. The molecule has 0 aromatic heterocycles. The topological polar surface area (TPSA) is 61.6 Å². The smallest absolute Gasteiger partial charge is 0.338 e. The summed E-state index contributed by atoms with van der Waals surface area (Å²) < 4.78 is 26.0. The van der Waals surface area contributed by atoms with Crippen molar-refractivity contribution in [1.82, 2.24) is 4.67 Å². The van der Waals surface area contributed by atoms with E-state index in [-0.39, 0.29) is 30.8 Å². The Bertz CT molecular complexity index is 723. The Kier molecular flexibility index (Phi) is 13.8. The summed E-state index contributed by atoms with van der Waals surface area (Å²) in [7, 11) is 4.83. The van der Waals surface area contributed by atoms with Gasteiger partial charge in [-0.25, -0.2) is 16.0 Å². The lowest BCUT2D eigenvalue weighted by Gasteiger charge is -2.38. The summed E-state index contributed by atoms with van der Waals surface area (Å²) in [5.41, 5.74) is 0.463. The zero-order valence-corrected chi connectivity index (χ0v) is 21.8. The van der Waals surface area contributed by atoms with E-state index in [4.69, 9.17) is 32.9 Å². The molecule has 0 amide bonds. The van der Waals surface area contributed by atoms with Crippen molar-refractivity contribution in [2.24, 2.45) is 0 Å². The van der Waals surface area contributed by atoms with Gasteiger partial charge in [0.15, 0.2) is 0 Å². The summed E-state index contributed by atoms with van der Waals surface area (Å²) >= 11 is 0. The number of nitrogens with zero attached hydrogens (tertiary/aromatic N) is 2. The van der Waals surface area contributed by atoms with E-state index in [2.05, 4.69) is 37.2 Å². The molecule has 0 bridgehead atoms. The predicted molar refractivity (Wildman–Crippen MR) is 133 cm³/mol. The van der Waals surface area contributed by atoms with Gasteiger partial charge in [0.1, 0.15) is 20.6 Å². The third kappa shape index (κ3) is 10.1. The molecule has 0 N–H and O–H groups in total. The third-order valence-electron chi connectivity index (χ3n) is 4.93. The Morgan fingerprint density at radius 2 is 1.70 bits per heavy atom. The number of carbonyl (C=O) groups excluding carboxylic acids is 1. The van der Waals surface area contributed by atoms with E-state index in [1.54, 1.807) is 31.2 Å². The fraction of sp³-hybridized carbons (Fsp3) is 0.667. The molecule has 0 fully saturated rings. The van der Waals surface area contributed by atoms with Gasteiger partial charge in [0.25, 0.3) is 8.53 Å². The first kappa shape index (κ1) is 29.5. The second kappa shape index (κ2) is 15.4. The molecule has 0 aliphatic heterocycles. The maximum absolute atomic E-state index is 12.3. The minimum Gasteiger partial charge on any atom is -0.457 e. The van der Waals surface area contributed by atoms with Gasteiger partial charge in [-0.05, 0) is 60.1 Å². The Morgan fingerprint density at radius 1 is 1.09 bits per heavy atom. The van der Waals surface area contributed by atoms with Crippen molar-refractivity contribution in [2.45, 2.75) is 91.3 Å². The van der Waals surface area contributed by atoms with Crippen LogP contribution in [0.3, 0.4) is 0 Å². The minimum atomic E-state index is -1.39. The van der Waals surface area contributed by atoms with E-state index in [0.717, 1.165) is 0 Å². The van der Waals surface area contributed by atoms with Gasteiger partial charge in [0.2, 0.25) is 6.54 Å².